The summed E-state index contributed by atoms with van der Waals surface area (Å²) in [4.78, 5) is 2.17. The molecule has 0 amide bonds. The van der Waals surface area contributed by atoms with Gasteiger partial charge in [-0.2, -0.15) is 0 Å². The van der Waals surface area contributed by atoms with E-state index < -0.39 is 0 Å². The summed E-state index contributed by atoms with van der Waals surface area (Å²) in [5.74, 6) is 0.350. The number of anilines is 1. The quantitative estimate of drug-likeness (QED) is 0.749. The summed E-state index contributed by atoms with van der Waals surface area (Å²) in [6.45, 7) is 1.82. The van der Waals surface area contributed by atoms with E-state index in [2.05, 4.69) is 39.0 Å². The normalized spacial score (nSPS) is 19.1. The van der Waals surface area contributed by atoms with Crippen molar-refractivity contribution < 1.29 is 4.39 Å². The predicted octanol–water partition coefficient (Wildman–Crippen LogP) is 4.97. The van der Waals surface area contributed by atoms with Gasteiger partial charge >= 0.3 is 0 Å². The fraction of sp³-hybridized carbons (Fsp3) is 0.294. The van der Waals surface area contributed by atoms with Gasteiger partial charge in [0.1, 0.15) is 5.82 Å². The van der Waals surface area contributed by atoms with E-state index in [1.54, 1.807) is 6.07 Å². The molecule has 0 bridgehead atoms. The molecule has 0 aromatic heterocycles. The number of piperidine rings is 1. The second-order valence-electron chi connectivity index (χ2n) is 5.29. The number of benzene rings is 2. The summed E-state index contributed by atoms with van der Waals surface area (Å²) in [5, 5.41) is 0. The molecule has 3 rings (SSSR count). The van der Waals surface area contributed by atoms with Gasteiger partial charge < -0.3 is 4.90 Å². The number of hydrogen-bond donors (Lipinski definition) is 0. The van der Waals surface area contributed by atoms with Crippen LogP contribution in [0, 0.1) is 5.82 Å². The van der Waals surface area contributed by atoms with Crippen LogP contribution < -0.4 is 4.90 Å². The van der Waals surface area contributed by atoms with Crippen LogP contribution in [0.5, 0.6) is 0 Å². The van der Waals surface area contributed by atoms with Gasteiger partial charge in [0.2, 0.25) is 0 Å². The van der Waals surface area contributed by atoms with Crippen LogP contribution in [0.15, 0.2) is 53.0 Å². The van der Waals surface area contributed by atoms with E-state index in [1.807, 2.05) is 18.2 Å². The summed E-state index contributed by atoms with van der Waals surface area (Å²) in [6.07, 6.45) is 2.27. The largest absolute Gasteiger partial charge is 0.369 e. The fourth-order valence-corrected chi connectivity index (χ4v) is 3.35. The molecule has 1 aliphatic rings. The van der Waals surface area contributed by atoms with E-state index in [4.69, 9.17) is 0 Å². The van der Waals surface area contributed by atoms with Gasteiger partial charge in [-0.3, -0.25) is 0 Å². The Hall–Kier alpha value is -1.35. The summed E-state index contributed by atoms with van der Waals surface area (Å²) < 4.78 is 15.0. The molecule has 0 radical (unpaired) electrons. The number of nitrogens with zero attached hydrogens (tertiary/aromatic N) is 1. The second-order valence-corrected chi connectivity index (χ2v) is 6.21. The minimum Gasteiger partial charge on any atom is -0.369 e. The molecule has 2 aromatic carbocycles. The molecule has 0 spiro atoms. The lowest BCUT2D eigenvalue weighted by Gasteiger charge is -2.35. The number of rotatable bonds is 2. The molecule has 1 fully saturated rings. The highest BCUT2D eigenvalue weighted by molar-refractivity contribution is 9.10. The van der Waals surface area contributed by atoms with E-state index in [0.717, 1.165) is 29.7 Å². The summed E-state index contributed by atoms with van der Waals surface area (Å²) in [7, 11) is 0. The lowest BCUT2D eigenvalue weighted by molar-refractivity contribution is 0.501. The first-order valence-electron chi connectivity index (χ1n) is 6.99. The van der Waals surface area contributed by atoms with E-state index >= 15 is 0 Å². The second kappa shape index (κ2) is 5.96. The Bertz CT molecular complexity index is 599. The molecular formula is C17H17BrFN. The number of para-hydroxylation sites is 1. The van der Waals surface area contributed by atoms with Gasteiger partial charge in [-0.25, -0.2) is 4.39 Å². The molecule has 3 heteroatoms. The topological polar surface area (TPSA) is 3.24 Å². The van der Waals surface area contributed by atoms with Crippen molar-refractivity contribution in [2.24, 2.45) is 0 Å². The first-order valence-corrected chi connectivity index (χ1v) is 7.78. The van der Waals surface area contributed by atoms with Crippen LogP contribution in [0.4, 0.5) is 10.1 Å². The van der Waals surface area contributed by atoms with Gasteiger partial charge in [-0.15, -0.1) is 0 Å². The van der Waals surface area contributed by atoms with Gasteiger partial charge in [0.15, 0.2) is 0 Å². The van der Waals surface area contributed by atoms with Crippen LogP contribution in [-0.2, 0) is 0 Å². The lowest BCUT2D eigenvalue weighted by Crippen LogP contribution is -2.34. The van der Waals surface area contributed by atoms with Gasteiger partial charge in [-0.1, -0.05) is 40.2 Å². The molecule has 1 saturated heterocycles. The van der Waals surface area contributed by atoms with E-state index in [0.29, 0.717) is 5.92 Å². The smallest absolute Gasteiger partial charge is 0.146 e. The molecule has 1 aliphatic heterocycles. The minimum absolute atomic E-state index is 0.123. The Kier molecular flexibility index (Phi) is 4.06. The van der Waals surface area contributed by atoms with Crippen molar-refractivity contribution >= 4 is 21.6 Å². The maximum atomic E-state index is 13.9. The molecular weight excluding hydrogens is 317 g/mol. The maximum absolute atomic E-state index is 13.9. The molecule has 104 valence electrons. The van der Waals surface area contributed by atoms with Crippen LogP contribution in [0.25, 0.3) is 0 Å². The molecule has 0 saturated carbocycles. The third-order valence-electron chi connectivity index (χ3n) is 3.93. The molecule has 1 nitrogen and oxygen atoms in total. The van der Waals surface area contributed by atoms with Crippen molar-refractivity contribution in [1.82, 2.24) is 0 Å². The summed E-state index contributed by atoms with van der Waals surface area (Å²) >= 11 is 3.53. The average molecular weight is 334 g/mol. The maximum Gasteiger partial charge on any atom is 0.146 e. The summed E-state index contributed by atoms with van der Waals surface area (Å²) in [5.41, 5.74) is 2.06. The van der Waals surface area contributed by atoms with E-state index in [-0.39, 0.29) is 5.82 Å². The van der Waals surface area contributed by atoms with Gasteiger partial charge in [0.05, 0.1) is 5.69 Å². The number of halogens is 2. The molecule has 1 heterocycles. The highest BCUT2D eigenvalue weighted by atomic mass is 79.9. The van der Waals surface area contributed by atoms with Crippen molar-refractivity contribution in [2.45, 2.75) is 18.8 Å². The van der Waals surface area contributed by atoms with Crippen molar-refractivity contribution in [2.75, 3.05) is 18.0 Å². The van der Waals surface area contributed by atoms with Gasteiger partial charge in [-0.05, 0) is 42.7 Å². The first-order chi connectivity index (χ1) is 9.74. The first kappa shape index (κ1) is 13.6. The number of hydrogen-bond acceptors (Lipinski definition) is 1. The van der Waals surface area contributed by atoms with E-state index in [1.165, 1.54) is 18.1 Å². The summed E-state index contributed by atoms with van der Waals surface area (Å²) in [6, 6.07) is 15.5. The van der Waals surface area contributed by atoms with Crippen molar-refractivity contribution in [1.29, 1.82) is 0 Å². The Balaban J connectivity index is 1.82. The zero-order valence-electron chi connectivity index (χ0n) is 11.2. The molecule has 1 unspecified atom stereocenters. The van der Waals surface area contributed by atoms with Crippen LogP contribution in [-0.4, -0.2) is 13.1 Å². The molecule has 2 aromatic rings. The zero-order valence-corrected chi connectivity index (χ0v) is 12.8. The molecule has 0 N–H and O–H groups in total. The minimum atomic E-state index is -0.123. The molecule has 1 atom stereocenters. The highest BCUT2D eigenvalue weighted by Crippen LogP contribution is 2.31. The average Bonchev–Trinajstić information content (AvgIpc) is 2.48. The highest BCUT2D eigenvalue weighted by Gasteiger charge is 2.23. The Morgan fingerprint density at radius 1 is 1.10 bits per heavy atom. The van der Waals surface area contributed by atoms with Gasteiger partial charge in [0, 0.05) is 23.5 Å². The lowest BCUT2D eigenvalue weighted by atomic mass is 9.90. The fourth-order valence-electron chi connectivity index (χ4n) is 2.94. The Morgan fingerprint density at radius 3 is 2.75 bits per heavy atom. The van der Waals surface area contributed by atoms with Crippen LogP contribution >= 0.6 is 15.9 Å². The zero-order chi connectivity index (χ0) is 13.9. The van der Waals surface area contributed by atoms with E-state index in [9.17, 15) is 4.39 Å². The Labute approximate surface area is 127 Å². The van der Waals surface area contributed by atoms with Crippen LogP contribution in [0.3, 0.4) is 0 Å². The molecule has 0 aliphatic carbocycles. The molecule has 20 heavy (non-hydrogen) atoms. The predicted molar refractivity (Wildman–Crippen MR) is 84.7 cm³/mol. The van der Waals surface area contributed by atoms with Gasteiger partial charge in [0.25, 0.3) is 0 Å². The standard InChI is InChI=1S/C17H17BrFN/c18-15-7-3-5-13(11-15)14-6-4-10-20(12-14)17-9-2-1-8-16(17)19/h1-3,5,7-9,11,14H,4,6,10,12H2. The third kappa shape index (κ3) is 2.88. The van der Waals surface area contributed by atoms with Crippen molar-refractivity contribution in [3.8, 4) is 0 Å². The van der Waals surface area contributed by atoms with Crippen LogP contribution in [0.2, 0.25) is 0 Å². The Morgan fingerprint density at radius 2 is 1.95 bits per heavy atom. The monoisotopic (exact) mass is 333 g/mol. The third-order valence-corrected chi connectivity index (χ3v) is 4.43. The van der Waals surface area contributed by atoms with Crippen molar-refractivity contribution in [3.05, 3.63) is 64.4 Å². The van der Waals surface area contributed by atoms with Crippen molar-refractivity contribution in [3.63, 3.8) is 0 Å². The SMILES string of the molecule is Fc1ccccc1N1CCCC(c2cccc(Br)c2)C1. The van der Waals surface area contributed by atoms with Crippen LogP contribution in [0.1, 0.15) is 24.3 Å².